The van der Waals surface area contributed by atoms with Crippen LogP contribution in [-0.2, 0) is 4.79 Å². The van der Waals surface area contributed by atoms with Gasteiger partial charge in [0, 0.05) is 11.4 Å². The fourth-order valence-corrected chi connectivity index (χ4v) is 4.31. The summed E-state index contributed by atoms with van der Waals surface area (Å²) in [4.78, 5) is 14.9. The third kappa shape index (κ3) is 5.11. The number of thioether (sulfide) groups is 2. The number of hydrogen-bond acceptors (Lipinski definition) is 6. The second-order valence-electron chi connectivity index (χ2n) is 5.33. The second kappa shape index (κ2) is 10.4. The molecule has 0 fully saturated rings. The van der Waals surface area contributed by atoms with E-state index in [9.17, 15) is 4.79 Å². The molecule has 0 heterocycles. The van der Waals surface area contributed by atoms with Crippen LogP contribution in [0.25, 0.3) is 0 Å². The molecule has 2 rings (SSSR count). The maximum Gasteiger partial charge on any atom is 0.222 e. The summed E-state index contributed by atoms with van der Waals surface area (Å²) >= 11 is 3.00. The average Bonchev–Trinajstić information content (AvgIpc) is 2.68. The van der Waals surface area contributed by atoms with Crippen LogP contribution < -0.4 is 14.4 Å². The third-order valence-electron chi connectivity index (χ3n) is 3.75. The number of carbonyl (C=O) groups excluding carboxylic acids is 1. The molecule has 0 radical (unpaired) electrons. The number of benzene rings is 2. The maximum atomic E-state index is 12.8. The first-order chi connectivity index (χ1) is 12.6. The normalized spacial score (nSPS) is 11.7. The van der Waals surface area contributed by atoms with Crippen LogP contribution in [0.2, 0.25) is 0 Å². The minimum Gasteiger partial charge on any atom is -0.497 e. The first kappa shape index (κ1) is 20.5. The molecule has 0 aromatic heterocycles. The van der Waals surface area contributed by atoms with Gasteiger partial charge in [0.25, 0.3) is 0 Å². The van der Waals surface area contributed by atoms with Crippen molar-refractivity contribution in [2.75, 3.05) is 30.6 Å². The van der Waals surface area contributed by atoms with Crippen molar-refractivity contribution >= 4 is 40.0 Å². The van der Waals surface area contributed by atoms with Crippen molar-refractivity contribution in [3.8, 4) is 11.5 Å². The number of methoxy groups -OCH3 is 2. The summed E-state index contributed by atoms with van der Waals surface area (Å²) in [5, 5.41) is -0.141. The Kier molecular flexibility index (Phi) is 8.19. The van der Waals surface area contributed by atoms with Gasteiger partial charge in [0.15, 0.2) is 0 Å². The first-order valence-corrected chi connectivity index (χ1v) is 10.5. The molecule has 0 amide bonds. The molecule has 26 heavy (non-hydrogen) atoms. The van der Waals surface area contributed by atoms with Crippen LogP contribution in [0, 0.1) is 0 Å². The van der Waals surface area contributed by atoms with E-state index in [1.807, 2.05) is 55.5 Å². The summed E-state index contributed by atoms with van der Waals surface area (Å²) < 4.78 is 10.5. The number of hydrogen-bond donors (Lipinski definition) is 0. The van der Waals surface area contributed by atoms with Crippen molar-refractivity contribution in [1.29, 1.82) is 0 Å². The quantitative estimate of drug-likeness (QED) is 0.547. The van der Waals surface area contributed by atoms with E-state index in [0.29, 0.717) is 0 Å². The fraction of sp³-hybridized carbons (Fsp3) is 0.350. The van der Waals surface area contributed by atoms with Gasteiger partial charge < -0.3 is 14.4 Å². The van der Waals surface area contributed by atoms with Crippen LogP contribution in [0.1, 0.15) is 13.8 Å². The van der Waals surface area contributed by atoms with Crippen LogP contribution >= 0.6 is 23.5 Å². The summed E-state index contributed by atoms with van der Waals surface area (Å²) in [6.07, 6.45) is 0. The Labute approximate surface area is 164 Å². The summed E-state index contributed by atoms with van der Waals surface area (Å²) in [5.41, 5.74) is 1.90. The van der Waals surface area contributed by atoms with E-state index in [-0.39, 0.29) is 10.5 Å². The van der Waals surface area contributed by atoms with E-state index in [1.54, 1.807) is 26.0 Å². The SMILES string of the molecule is CCSC(=O)C(SCC)N(c1ccc(OC)cc1)c1ccc(OC)cc1. The highest BCUT2D eigenvalue weighted by molar-refractivity contribution is 8.16. The zero-order chi connectivity index (χ0) is 18.9. The molecular weight excluding hydrogens is 366 g/mol. The van der Waals surface area contributed by atoms with Crippen molar-refractivity contribution in [2.45, 2.75) is 19.2 Å². The van der Waals surface area contributed by atoms with Gasteiger partial charge in [-0.05, 0) is 60.0 Å². The van der Waals surface area contributed by atoms with E-state index >= 15 is 0 Å². The van der Waals surface area contributed by atoms with Gasteiger partial charge in [0.05, 0.1) is 14.2 Å². The Hall–Kier alpha value is -1.79. The predicted octanol–water partition coefficient (Wildman–Crippen LogP) is 5.20. The zero-order valence-electron chi connectivity index (χ0n) is 15.6. The van der Waals surface area contributed by atoms with E-state index in [4.69, 9.17) is 9.47 Å². The van der Waals surface area contributed by atoms with Crippen molar-refractivity contribution in [3.05, 3.63) is 48.5 Å². The highest BCUT2D eigenvalue weighted by atomic mass is 32.2. The topological polar surface area (TPSA) is 38.8 Å². The largest absolute Gasteiger partial charge is 0.497 e. The lowest BCUT2D eigenvalue weighted by molar-refractivity contribution is -0.110. The number of anilines is 2. The molecule has 0 saturated heterocycles. The molecule has 140 valence electrons. The van der Waals surface area contributed by atoms with Gasteiger partial charge in [-0.2, -0.15) is 0 Å². The highest BCUT2D eigenvalue weighted by Crippen LogP contribution is 2.36. The lowest BCUT2D eigenvalue weighted by atomic mass is 10.2. The van der Waals surface area contributed by atoms with E-state index in [0.717, 1.165) is 34.4 Å². The molecule has 0 N–H and O–H groups in total. The van der Waals surface area contributed by atoms with Gasteiger partial charge in [-0.25, -0.2) is 0 Å². The minimum absolute atomic E-state index is 0.158. The maximum absolute atomic E-state index is 12.8. The van der Waals surface area contributed by atoms with Crippen molar-refractivity contribution in [1.82, 2.24) is 0 Å². The van der Waals surface area contributed by atoms with Gasteiger partial charge in [0.1, 0.15) is 16.9 Å². The van der Waals surface area contributed by atoms with Crippen LogP contribution in [0.3, 0.4) is 0 Å². The molecule has 0 aliphatic heterocycles. The summed E-state index contributed by atoms with van der Waals surface area (Å²) in [5.74, 6) is 3.19. The molecule has 0 spiro atoms. The Morgan fingerprint density at radius 2 is 1.35 bits per heavy atom. The Balaban J connectivity index is 2.48. The van der Waals surface area contributed by atoms with Gasteiger partial charge in [-0.1, -0.05) is 25.6 Å². The minimum atomic E-state index is -0.299. The molecular formula is C20H25NO3S2. The number of nitrogens with zero attached hydrogens (tertiary/aromatic N) is 1. The Bertz CT molecular complexity index is 642. The lowest BCUT2D eigenvalue weighted by Crippen LogP contribution is -2.34. The molecule has 4 nitrogen and oxygen atoms in total. The van der Waals surface area contributed by atoms with E-state index < -0.39 is 0 Å². The Morgan fingerprint density at radius 1 is 0.885 bits per heavy atom. The van der Waals surface area contributed by atoms with Crippen LogP contribution in [0.4, 0.5) is 11.4 Å². The molecule has 1 atom stereocenters. The summed E-state index contributed by atoms with van der Waals surface area (Å²) in [7, 11) is 3.29. The molecule has 0 aliphatic carbocycles. The predicted molar refractivity (Wildman–Crippen MR) is 113 cm³/mol. The number of ether oxygens (including phenoxy) is 2. The zero-order valence-corrected chi connectivity index (χ0v) is 17.2. The average molecular weight is 392 g/mol. The van der Waals surface area contributed by atoms with Gasteiger partial charge >= 0.3 is 0 Å². The molecule has 0 aliphatic rings. The molecule has 0 bridgehead atoms. The van der Waals surface area contributed by atoms with Gasteiger partial charge in [-0.3, -0.25) is 4.79 Å². The van der Waals surface area contributed by atoms with Crippen LogP contribution in [-0.4, -0.2) is 36.2 Å². The molecule has 1 unspecified atom stereocenters. The van der Waals surface area contributed by atoms with Crippen LogP contribution in [0.5, 0.6) is 11.5 Å². The third-order valence-corrected chi connectivity index (χ3v) is 5.77. The molecule has 2 aromatic rings. The van der Waals surface area contributed by atoms with E-state index in [2.05, 4.69) is 11.8 Å². The van der Waals surface area contributed by atoms with Crippen molar-refractivity contribution in [2.24, 2.45) is 0 Å². The first-order valence-electron chi connectivity index (χ1n) is 8.50. The Morgan fingerprint density at radius 3 is 1.69 bits per heavy atom. The standard InChI is InChI=1S/C20H25NO3S2/c1-5-25-19(20(22)26-6-2)21(15-7-11-17(23-3)12-8-15)16-9-13-18(24-4)14-10-16/h7-14,19H,5-6H2,1-4H3. The van der Waals surface area contributed by atoms with Crippen molar-refractivity contribution in [3.63, 3.8) is 0 Å². The van der Waals surface area contributed by atoms with Crippen LogP contribution in [0.15, 0.2) is 48.5 Å². The van der Waals surface area contributed by atoms with Crippen molar-refractivity contribution < 1.29 is 14.3 Å². The lowest BCUT2D eigenvalue weighted by Gasteiger charge is -2.32. The van der Waals surface area contributed by atoms with E-state index in [1.165, 1.54) is 11.8 Å². The number of rotatable bonds is 9. The summed E-state index contributed by atoms with van der Waals surface area (Å²) in [6.45, 7) is 4.07. The van der Waals surface area contributed by atoms with Gasteiger partial charge in [0.2, 0.25) is 5.12 Å². The highest BCUT2D eigenvalue weighted by Gasteiger charge is 2.27. The fourth-order valence-electron chi connectivity index (χ4n) is 2.52. The molecule has 2 aromatic carbocycles. The molecule has 6 heteroatoms. The monoisotopic (exact) mass is 391 g/mol. The smallest absolute Gasteiger partial charge is 0.222 e. The second-order valence-corrected chi connectivity index (χ2v) is 7.95. The summed E-state index contributed by atoms with van der Waals surface area (Å²) in [6, 6.07) is 15.6. The molecule has 0 saturated carbocycles. The van der Waals surface area contributed by atoms with Gasteiger partial charge in [-0.15, -0.1) is 11.8 Å². The number of carbonyl (C=O) groups is 1.